The van der Waals surface area contributed by atoms with Gasteiger partial charge in [0.25, 0.3) is 5.91 Å². The van der Waals surface area contributed by atoms with Gasteiger partial charge in [0.15, 0.2) is 0 Å². The molecule has 0 unspecified atom stereocenters. The lowest BCUT2D eigenvalue weighted by molar-refractivity contribution is 0.102. The average Bonchev–Trinajstić information content (AvgIpc) is 2.87. The predicted molar refractivity (Wildman–Crippen MR) is 88.5 cm³/mol. The van der Waals surface area contributed by atoms with Gasteiger partial charge in [0.1, 0.15) is 5.84 Å². The SMILES string of the molecule is NC(Cc1ccc(NC(=O)c2csc(I)c2)cc1)=NO. The number of hydrogen-bond acceptors (Lipinski definition) is 4. The van der Waals surface area contributed by atoms with Crippen LogP contribution < -0.4 is 11.1 Å². The number of benzene rings is 1. The second-order valence-electron chi connectivity index (χ2n) is 4.06. The standard InChI is InChI=1S/C13H12IN3O2S/c14-11-6-9(7-20-11)13(18)16-10-3-1-8(2-4-10)5-12(15)17-19/h1-4,6-7,19H,5H2,(H2,15,17)(H,16,18). The van der Waals surface area contributed by atoms with Crippen molar-refractivity contribution in [3.63, 3.8) is 0 Å². The van der Waals surface area contributed by atoms with E-state index in [1.54, 1.807) is 12.1 Å². The molecule has 1 amide bonds. The Kier molecular flexibility index (Phi) is 4.96. The molecule has 2 aromatic rings. The number of thiophene rings is 1. The third-order valence-corrected chi connectivity index (χ3v) is 4.34. The Labute approximate surface area is 133 Å². The Morgan fingerprint density at radius 1 is 1.40 bits per heavy atom. The highest BCUT2D eigenvalue weighted by molar-refractivity contribution is 14.1. The molecule has 20 heavy (non-hydrogen) atoms. The number of nitrogens with one attached hydrogen (secondary N) is 1. The minimum atomic E-state index is -0.131. The van der Waals surface area contributed by atoms with E-state index in [0.717, 1.165) is 8.45 Å². The molecule has 0 fully saturated rings. The highest BCUT2D eigenvalue weighted by Crippen LogP contribution is 2.18. The summed E-state index contributed by atoms with van der Waals surface area (Å²) in [6.07, 6.45) is 0.369. The van der Waals surface area contributed by atoms with E-state index in [4.69, 9.17) is 10.9 Å². The minimum absolute atomic E-state index is 0.131. The first-order valence-electron chi connectivity index (χ1n) is 5.69. The number of nitrogens with two attached hydrogens (primary N) is 1. The monoisotopic (exact) mass is 401 g/mol. The first kappa shape index (κ1) is 14.8. The maximum Gasteiger partial charge on any atom is 0.256 e. The fourth-order valence-corrected chi connectivity index (χ4v) is 2.91. The molecule has 0 saturated carbocycles. The molecule has 0 atom stereocenters. The van der Waals surface area contributed by atoms with Crippen LogP contribution in [0.4, 0.5) is 5.69 Å². The second kappa shape index (κ2) is 6.71. The first-order valence-corrected chi connectivity index (χ1v) is 7.65. The minimum Gasteiger partial charge on any atom is -0.409 e. The lowest BCUT2D eigenvalue weighted by atomic mass is 10.1. The van der Waals surface area contributed by atoms with Crippen molar-refractivity contribution in [2.75, 3.05) is 5.32 Å². The first-order chi connectivity index (χ1) is 9.58. The van der Waals surface area contributed by atoms with Crippen LogP contribution in [0.1, 0.15) is 15.9 Å². The van der Waals surface area contributed by atoms with Crippen LogP contribution in [0, 0.1) is 2.88 Å². The Morgan fingerprint density at radius 2 is 2.10 bits per heavy atom. The van der Waals surface area contributed by atoms with Crippen LogP contribution in [0.3, 0.4) is 0 Å². The predicted octanol–water partition coefficient (Wildman–Crippen LogP) is 2.89. The lowest BCUT2D eigenvalue weighted by Gasteiger charge is -2.05. The quantitative estimate of drug-likeness (QED) is 0.242. The lowest BCUT2D eigenvalue weighted by Crippen LogP contribution is -2.15. The molecule has 0 bridgehead atoms. The van der Waals surface area contributed by atoms with Crippen LogP contribution >= 0.6 is 33.9 Å². The number of anilines is 1. The molecule has 1 heterocycles. The van der Waals surface area contributed by atoms with E-state index in [2.05, 4.69) is 33.1 Å². The second-order valence-corrected chi connectivity index (χ2v) is 6.86. The zero-order valence-electron chi connectivity index (χ0n) is 10.3. The molecule has 0 aliphatic carbocycles. The number of halogens is 1. The van der Waals surface area contributed by atoms with Crippen molar-refractivity contribution in [2.24, 2.45) is 10.9 Å². The number of amides is 1. The topological polar surface area (TPSA) is 87.7 Å². The molecule has 104 valence electrons. The van der Waals surface area contributed by atoms with Crippen molar-refractivity contribution in [1.82, 2.24) is 0 Å². The molecular formula is C13H12IN3O2S. The summed E-state index contributed by atoms with van der Waals surface area (Å²) < 4.78 is 1.07. The molecule has 0 saturated heterocycles. The summed E-state index contributed by atoms with van der Waals surface area (Å²) in [5.41, 5.74) is 7.70. The Bertz CT molecular complexity index is 637. The van der Waals surface area contributed by atoms with Gasteiger partial charge in [0.2, 0.25) is 0 Å². The largest absolute Gasteiger partial charge is 0.409 e. The zero-order chi connectivity index (χ0) is 14.5. The number of carbonyl (C=O) groups is 1. The molecule has 1 aromatic carbocycles. The molecule has 5 nitrogen and oxygen atoms in total. The average molecular weight is 401 g/mol. The van der Waals surface area contributed by atoms with Gasteiger partial charge >= 0.3 is 0 Å². The molecule has 0 spiro atoms. The third-order valence-electron chi connectivity index (χ3n) is 2.56. The van der Waals surface area contributed by atoms with Gasteiger partial charge in [-0.25, -0.2) is 0 Å². The van der Waals surface area contributed by atoms with Crippen LogP contribution in [0.5, 0.6) is 0 Å². The Hall–Kier alpha value is -1.61. The zero-order valence-corrected chi connectivity index (χ0v) is 13.3. The number of nitrogens with zero attached hydrogens (tertiary/aromatic N) is 1. The van der Waals surface area contributed by atoms with Gasteiger partial charge in [-0.05, 0) is 46.4 Å². The van der Waals surface area contributed by atoms with Gasteiger partial charge in [0.05, 0.1) is 8.45 Å². The van der Waals surface area contributed by atoms with Gasteiger partial charge in [-0.3, -0.25) is 4.79 Å². The summed E-state index contributed by atoms with van der Waals surface area (Å²) in [5.74, 6) is 0.0167. The van der Waals surface area contributed by atoms with Crippen LogP contribution in [-0.2, 0) is 6.42 Å². The summed E-state index contributed by atoms with van der Waals surface area (Å²) in [5, 5.41) is 16.1. The van der Waals surface area contributed by atoms with E-state index in [1.165, 1.54) is 11.3 Å². The maximum absolute atomic E-state index is 12.0. The fourth-order valence-electron chi connectivity index (χ4n) is 1.58. The molecule has 0 aliphatic rings. The maximum atomic E-state index is 12.0. The van der Waals surface area contributed by atoms with Crippen LogP contribution in [0.15, 0.2) is 40.9 Å². The summed E-state index contributed by atoms with van der Waals surface area (Å²) in [4.78, 5) is 12.0. The molecule has 0 radical (unpaired) electrons. The van der Waals surface area contributed by atoms with Crippen molar-refractivity contribution in [1.29, 1.82) is 0 Å². The number of carbonyl (C=O) groups excluding carboxylic acids is 1. The molecular weight excluding hydrogens is 389 g/mol. The summed E-state index contributed by atoms with van der Waals surface area (Å²) in [6.45, 7) is 0. The molecule has 7 heteroatoms. The van der Waals surface area contributed by atoms with E-state index >= 15 is 0 Å². The van der Waals surface area contributed by atoms with Crippen LogP contribution in [0.25, 0.3) is 0 Å². The highest BCUT2D eigenvalue weighted by Gasteiger charge is 2.08. The van der Waals surface area contributed by atoms with Gasteiger partial charge in [-0.15, -0.1) is 11.3 Å². The molecule has 0 aliphatic heterocycles. The number of hydrogen-bond donors (Lipinski definition) is 3. The van der Waals surface area contributed by atoms with Crippen molar-refractivity contribution < 1.29 is 10.0 Å². The van der Waals surface area contributed by atoms with Crippen LogP contribution in [0.2, 0.25) is 0 Å². The normalized spacial score (nSPS) is 11.3. The summed E-state index contributed by atoms with van der Waals surface area (Å²) in [7, 11) is 0. The van der Waals surface area contributed by atoms with E-state index in [9.17, 15) is 4.79 Å². The smallest absolute Gasteiger partial charge is 0.256 e. The number of amidine groups is 1. The van der Waals surface area contributed by atoms with Crippen molar-refractivity contribution in [2.45, 2.75) is 6.42 Å². The Morgan fingerprint density at radius 3 is 2.65 bits per heavy atom. The molecule has 1 aromatic heterocycles. The van der Waals surface area contributed by atoms with Crippen molar-refractivity contribution in [3.05, 3.63) is 49.7 Å². The van der Waals surface area contributed by atoms with Gasteiger partial charge < -0.3 is 16.3 Å². The van der Waals surface area contributed by atoms with E-state index < -0.39 is 0 Å². The number of oxime groups is 1. The Balaban J connectivity index is 2.02. The fraction of sp³-hybridized carbons (Fsp3) is 0.0769. The van der Waals surface area contributed by atoms with Gasteiger partial charge in [0, 0.05) is 17.5 Å². The van der Waals surface area contributed by atoms with Gasteiger partial charge in [-0.1, -0.05) is 17.3 Å². The number of rotatable bonds is 4. The highest BCUT2D eigenvalue weighted by atomic mass is 127. The van der Waals surface area contributed by atoms with E-state index in [0.29, 0.717) is 17.7 Å². The molecule has 2 rings (SSSR count). The summed E-state index contributed by atoms with van der Waals surface area (Å²) in [6, 6.07) is 9.06. The van der Waals surface area contributed by atoms with Crippen molar-refractivity contribution in [3.8, 4) is 0 Å². The van der Waals surface area contributed by atoms with Crippen LogP contribution in [-0.4, -0.2) is 17.0 Å². The van der Waals surface area contributed by atoms with Crippen molar-refractivity contribution >= 4 is 51.4 Å². The van der Waals surface area contributed by atoms with E-state index in [-0.39, 0.29) is 11.7 Å². The summed E-state index contributed by atoms with van der Waals surface area (Å²) >= 11 is 3.71. The van der Waals surface area contributed by atoms with E-state index in [1.807, 2.05) is 23.6 Å². The van der Waals surface area contributed by atoms with Gasteiger partial charge in [-0.2, -0.15) is 0 Å². The third kappa shape index (κ3) is 3.94. The molecule has 4 N–H and O–H groups in total.